The van der Waals surface area contributed by atoms with Gasteiger partial charge in [0.05, 0.1) is 13.2 Å². The van der Waals surface area contributed by atoms with Crippen LogP contribution in [0.2, 0.25) is 0 Å². The van der Waals surface area contributed by atoms with Crippen LogP contribution in [-0.2, 0) is 20.9 Å². The minimum atomic E-state index is -1.70. The van der Waals surface area contributed by atoms with E-state index in [0.717, 1.165) is 0 Å². The number of rotatable bonds is 6. The van der Waals surface area contributed by atoms with E-state index >= 15 is 0 Å². The first-order valence-corrected chi connectivity index (χ1v) is 8.97. The maximum absolute atomic E-state index is 12.8. The minimum Gasteiger partial charge on any atom is -0.392 e. The summed E-state index contributed by atoms with van der Waals surface area (Å²) in [6.45, 7) is 0.344. The Morgan fingerprint density at radius 2 is 1.90 bits per heavy atom. The van der Waals surface area contributed by atoms with Gasteiger partial charge in [0.15, 0.2) is 12.2 Å². The molecule has 1 aliphatic heterocycles. The number of amidine groups is 1. The molecule has 1 aliphatic rings. The Bertz CT molecular complexity index is 898. The molecule has 9 nitrogen and oxygen atoms in total. The zero-order valence-corrected chi connectivity index (χ0v) is 15.5. The van der Waals surface area contributed by atoms with Crippen LogP contribution in [0.5, 0.6) is 0 Å². The van der Waals surface area contributed by atoms with Crippen molar-refractivity contribution in [3.63, 3.8) is 0 Å². The largest absolute Gasteiger partial charge is 0.392 e. The van der Waals surface area contributed by atoms with Gasteiger partial charge in [0.2, 0.25) is 0 Å². The molecule has 2 aromatic rings. The third-order valence-electron chi connectivity index (χ3n) is 4.57. The molecule has 1 unspecified atom stereocenters. The summed E-state index contributed by atoms with van der Waals surface area (Å²) in [4.78, 5) is 26.6. The van der Waals surface area contributed by atoms with Crippen molar-refractivity contribution in [1.29, 1.82) is 5.41 Å². The van der Waals surface area contributed by atoms with Crippen LogP contribution in [-0.4, -0.2) is 53.2 Å². The van der Waals surface area contributed by atoms with Gasteiger partial charge in [-0.25, -0.2) is 0 Å². The van der Waals surface area contributed by atoms with E-state index < -0.39 is 24.0 Å². The Morgan fingerprint density at radius 1 is 1.24 bits per heavy atom. The van der Waals surface area contributed by atoms with Crippen molar-refractivity contribution in [1.82, 2.24) is 0 Å². The molecule has 0 bridgehead atoms. The van der Waals surface area contributed by atoms with Gasteiger partial charge in [0, 0.05) is 23.5 Å². The molecule has 1 saturated heterocycles. The Labute approximate surface area is 167 Å². The molecule has 6 N–H and O–H groups in total. The maximum Gasteiger partial charge on any atom is 0.259 e. The van der Waals surface area contributed by atoms with Crippen LogP contribution >= 0.6 is 0 Å². The summed E-state index contributed by atoms with van der Waals surface area (Å²) in [5.41, 5.74) is 7.57. The first-order chi connectivity index (χ1) is 13.9. The number of carbonyl (C=O) groups excluding carboxylic acids is 2. The third-order valence-corrected chi connectivity index (χ3v) is 4.57. The molecule has 1 fully saturated rings. The number of aliphatic hydroxyl groups is 2. The molecule has 1 heterocycles. The SMILES string of the molecule is N=C(N)c1ccc(NC(=O)[C@H](O)C2OCCN(c3ccc(CO)cc3)C2=O)cc1. The lowest BCUT2D eigenvalue weighted by Gasteiger charge is -2.34. The van der Waals surface area contributed by atoms with E-state index in [1.807, 2.05) is 0 Å². The van der Waals surface area contributed by atoms with Crippen molar-refractivity contribution in [3.8, 4) is 0 Å². The first-order valence-electron chi connectivity index (χ1n) is 8.97. The summed E-state index contributed by atoms with van der Waals surface area (Å²) in [5, 5.41) is 29.4. The molecule has 0 radical (unpaired) electrons. The van der Waals surface area contributed by atoms with Gasteiger partial charge in [0.25, 0.3) is 11.8 Å². The summed E-state index contributed by atoms with van der Waals surface area (Å²) < 4.78 is 5.37. The number of amides is 2. The van der Waals surface area contributed by atoms with Crippen molar-refractivity contribution in [2.45, 2.75) is 18.8 Å². The van der Waals surface area contributed by atoms with Gasteiger partial charge >= 0.3 is 0 Å². The summed E-state index contributed by atoms with van der Waals surface area (Å²) >= 11 is 0. The molecule has 152 valence electrons. The number of nitrogens with zero attached hydrogens (tertiary/aromatic N) is 1. The number of benzene rings is 2. The second-order valence-corrected chi connectivity index (χ2v) is 6.53. The smallest absolute Gasteiger partial charge is 0.259 e. The van der Waals surface area contributed by atoms with Crippen molar-refractivity contribution in [3.05, 3.63) is 59.7 Å². The van der Waals surface area contributed by atoms with E-state index in [1.165, 1.54) is 4.90 Å². The van der Waals surface area contributed by atoms with Gasteiger partial charge in [-0.15, -0.1) is 0 Å². The van der Waals surface area contributed by atoms with Crippen LogP contribution in [0.4, 0.5) is 11.4 Å². The standard InChI is InChI=1S/C20H22N4O5/c21-18(22)13-3-5-14(6-4-13)23-19(27)16(26)17-20(28)24(9-10-29-17)15-7-1-12(11-25)2-8-15/h1-8,16-17,25-26H,9-11H2,(H3,21,22)(H,23,27)/t16-,17?/m1/s1. The highest BCUT2D eigenvalue weighted by Gasteiger charge is 2.39. The van der Waals surface area contributed by atoms with Gasteiger partial charge < -0.3 is 30.9 Å². The fourth-order valence-corrected chi connectivity index (χ4v) is 2.96. The number of nitrogens with two attached hydrogens (primary N) is 1. The predicted octanol–water partition coefficient (Wildman–Crippen LogP) is 0.194. The van der Waals surface area contributed by atoms with Crippen molar-refractivity contribution >= 4 is 29.0 Å². The predicted molar refractivity (Wildman–Crippen MR) is 107 cm³/mol. The van der Waals surface area contributed by atoms with Crippen LogP contribution in [0.1, 0.15) is 11.1 Å². The summed E-state index contributed by atoms with van der Waals surface area (Å²) in [7, 11) is 0. The lowest BCUT2D eigenvalue weighted by Crippen LogP contribution is -2.55. The second kappa shape index (κ2) is 8.82. The number of hydrogen-bond donors (Lipinski definition) is 5. The Balaban J connectivity index is 1.68. The fraction of sp³-hybridized carbons (Fsp3) is 0.250. The molecule has 0 spiro atoms. The average Bonchev–Trinajstić information content (AvgIpc) is 2.74. The molecule has 2 atom stereocenters. The van der Waals surface area contributed by atoms with Crippen LogP contribution < -0.4 is 16.0 Å². The van der Waals surface area contributed by atoms with Gasteiger partial charge in [-0.2, -0.15) is 0 Å². The molecule has 0 aromatic heterocycles. The maximum atomic E-state index is 12.8. The van der Waals surface area contributed by atoms with Crippen LogP contribution in [0.3, 0.4) is 0 Å². The molecule has 29 heavy (non-hydrogen) atoms. The number of nitrogen functional groups attached to an aromatic ring is 1. The molecular formula is C20H22N4O5. The number of carbonyl (C=O) groups is 2. The highest BCUT2D eigenvalue weighted by molar-refractivity contribution is 6.04. The average molecular weight is 398 g/mol. The lowest BCUT2D eigenvalue weighted by molar-refractivity contribution is -0.150. The van der Waals surface area contributed by atoms with E-state index in [4.69, 9.17) is 21.0 Å². The second-order valence-electron chi connectivity index (χ2n) is 6.53. The lowest BCUT2D eigenvalue weighted by atomic mass is 10.1. The van der Waals surface area contributed by atoms with E-state index in [0.29, 0.717) is 22.5 Å². The summed E-state index contributed by atoms with van der Waals surface area (Å²) in [6.07, 6.45) is -3.03. The monoisotopic (exact) mass is 398 g/mol. The molecule has 9 heteroatoms. The van der Waals surface area contributed by atoms with E-state index in [1.54, 1.807) is 48.5 Å². The fourth-order valence-electron chi connectivity index (χ4n) is 2.96. The number of aliphatic hydroxyl groups excluding tert-OH is 2. The number of ether oxygens (including phenoxy) is 1. The molecule has 0 aliphatic carbocycles. The van der Waals surface area contributed by atoms with Crippen molar-refractivity contribution in [2.24, 2.45) is 5.73 Å². The highest BCUT2D eigenvalue weighted by Crippen LogP contribution is 2.21. The zero-order valence-electron chi connectivity index (χ0n) is 15.5. The number of morpholine rings is 1. The van der Waals surface area contributed by atoms with Gasteiger partial charge in [-0.1, -0.05) is 12.1 Å². The van der Waals surface area contributed by atoms with Gasteiger partial charge in [0.1, 0.15) is 5.84 Å². The zero-order chi connectivity index (χ0) is 21.0. The number of hydrogen-bond acceptors (Lipinski definition) is 6. The number of nitrogens with one attached hydrogen (secondary N) is 2. The van der Waals surface area contributed by atoms with Gasteiger partial charge in [-0.3, -0.25) is 15.0 Å². The Morgan fingerprint density at radius 3 is 2.48 bits per heavy atom. The first kappa shape index (κ1) is 20.5. The van der Waals surface area contributed by atoms with Crippen molar-refractivity contribution in [2.75, 3.05) is 23.4 Å². The Kier molecular flexibility index (Phi) is 6.23. The quantitative estimate of drug-likeness (QED) is 0.346. The van der Waals surface area contributed by atoms with Crippen molar-refractivity contribution < 1.29 is 24.5 Å². The molecular weight excluding hydrogens is 376 g/mol. The molecule has 2 aromatic carbocycles. The van der Waals surface area contributed by atoms with Crippen LogP contribution in [0.15, 0.2) is 48.5 Å². The normalized spacial score (nSPS) is 17.7. The summed E-state index contributed by atoms with van der Waals surface area (Å²) in [5.74, 6) is -1.41. The third kappa shape index (κ3) is 4.60. The molecule has 2 amide bonds. The topological polar surface area (TPSA) is 149 Å². The van der Waals surface area contributed by atoms with E-state index in [2.05, 4.69) is 5.32 Å². The van der Waals surface area contributed by atoms with Crippen LogP contribution in [0, 0.1) is 5.41 Å². The highest BCUT2D eigenvalue weighted by atomic mass is 16.5. The minimum absolute atomic E-state index is 0.101. The van der Waals surface area contributed by atoms with E-state index in [9.17, 15) is 14.7 Å². The van der Waals surface area contributed by atoms with Gasteiger partial charge in [-0.05, 0) is 42.0 Å². The molecule has 3 rings (SSSR count). The number of anilines is 2. The summed E-state index contributed by atoms with van der Waals surface area (Å²) in [6, 6.07) is 13.0. The van der Waals surface area contributed by atoms with E-state index in [-0.39, 0.29) is 25.6 Å². The Hall–Kier alpha value is -3.27. The van der Waals surface area contributed by atoms with Crippen LogP contribution in [0.25, 0.3) is 0 Å². The molecule has 0 saturated carbocycles.